The van der Waals surface area contributed by atoms with Gasteiger partial charge in [0.25, 0.3) is 0 Å². The lowest BCUT2D eigenvalue weighted by molar-refractivity contribution is 1.09. The molecule has 2 rings (SSSR count). The van der Waals surface area contributed by atoms with Crippen LogP contribution in [-0.4, -0.2) is 0 Å². The molecule has 0 heteroatoms. The van der Waals surface area contributed by atoms with Crippen molar-refractivity contribution < 1.29 is 0 Å². The summed E-state index contributed by atoms with van der Waals surface area (Å²) in [4.78, 5) is 0. The summed E-state index contributed by atoms with van der Waals surface area (Å²) in [5.41, 5.74) is 8.76. The molecule has 0 aliphatic heterocycles. The fourth-order valence-electron chi connectivity index (χ4n) is 2.44. The molecule has 34 heavy (non-hydrogen) atoms. The lowest BCUT2D eigenvalue weighted by Crippen LogP contribution is -1.88. The Morgan fingerprint density at radius 3 is 1.38 bits per heavy atom. The molecule has 2 aromatic carbocycles. The maximum Gasteiger partial charge on any atom is -0.00884 e. The fraction of sp³-hybridized carbons (Fsp3) is 0.471. The third-order valence-corrected chi connectivity index (χ3v) is 4.05. The van der Waals surface area contributed by atoms with Crippen molar-refractivity contribution in [2.45, 2.75) is 109 Å². The molecule has 0 unspecified atom stereocenters. The molecule has 0 amide bonds. The van der Waals surface area contributed by atoms with Crippen LogP contribution in [0.4, 0.5) is 0 Å². The lowest BCUT2D eigenvalue weighted by Gasteiger charge is -2.07. The molecule has 2 aromatic rings. The number of allylic oxidation sites excluding steroid dienone is 5. The number of hydrogen-bond donors (Lipinski definition) is 0. The normalized spacial score (nSPS) is 10.1. The van der Waals surface area contributed by atoms with Crippen molar-refractivity contribution >= 4 is 5.57 Å². The van der Waals surface area contributed by atoms with Gasteiger partial charge in [-0.05, 0) is 56.4 Å². The average Bonchev–Trinajstić information content (AvgIpc) is 2.81. The van der Waals surface area contributed by atoms with Gasteiger partial charge in [0, 0.05) is 0 Å². The van der Waals surface area contributed by atoms with Gasteiger partial charge >= 0.3 is 0 Å². The van der Waals surface area contributed by atoms with Crippen molar-refractivity contribution in [2.75, 3.05) is 0 Å². The quantitative estimate of drug-likeness (QED) is 0.386. The van der Waals surface area contributed by atoms with Crippen LogP contribution in [0.25, 0.3) is 5.57 Å². The minimum Gasteiger partial charge on any atom is -0.0955 e. The zero-order chi connectivity index (χ0) is 26.9. The highest BCUT2D eigenvalue weighted by molar-refractivity contribution is 5.68. The predicted molar refractivity (Wildman–Crippen MR) is 162 cm³/mol. The Morgan fingerprint density at radius 1 is 0.676 bits per heavy atom. The molecule has 0 fully saturated rings. The van der Waals surface area contributed by atoms with Gasteiger partial charge in [0.2, 0.25) is 0 Å². The van der Waals surface area contributed by atoms with Crippen LogP contribution in [0.15, 0.2) is 78.4 Å². The van der Waals surface area contributed by atoms with E-state index in [0.717, 1.165) is 12.0 Å². The summed E-state index contributed by atoms with van der Waals surface area (Å²) >= 11 is 0. The van der Waals surface area contributed by atoms with Crippen LogP contribution >= 0.6 is 0 Å². The zero-order valence-electron chi connectivity index (χ0n) is 24.8. The van der Waals surface area contributed by atoms with Gasteiger partial charge in [0.05, 0.1) is 0 Å². The summed E-state index contributed by atoms with van der Waals surface area (Å²) in [6, 6.07) is 17.4. The molecule has 0 heterocycles. The Bertz CT molecular complexity index is 763. The van der Waals surface area contributed by atoms with Gasteiger partial charge in [-0.25, -0.2) is 0 Å². The first-order valence-corrected chi connectivity index (χ1v) is 13.4. The Balaban J connectivity index is -0.000000746. The van der Waals surface area contributed by atoms with Crippen molar-refractivity contribution in [3.63, 3.8) is 0 Å². The topological polar surface area (TPSA) is 0 Å². The summed E-state index contributed by atoms with van der Waals surface area (Å²) in [5.74, 6) is 0. The van der Waals surface area contributed by atoms with E-state index in [1.807, 2.05) is 13.8 Å². The molecule has 0 saturated heterocycles. The molecule has 0 aliphatic carbocycles. The molecular weight excluding hydrogens is 408 g/mol. The molecule has 0 nitrogen and oxygen atoms in total. The van der Waals surface area contributed by atoms with Gasteiger partial charge in [0.1, 0.15) is 0 Å². The van der Waals surface area contributed by atoms with Crippen LogP contribution < -0.4 is 0 Å². The van der Waals surface area contributed by atoms with Gasteiger partial charge in [-0.15, -0.1) is 0 Å². The first-order valence-electron chi connectivity index (χ1n) is 13.4. The molecule has 0 spiro atoms. The SMILES string of the molecule is C=C(C)C(=C/Cc1ccc(C)cc1)/C=C(\C)c1ccc(C)cc1.CC.CCC.CCC.CCC. The van der Waals surface area contributed by atoms with E-state index < -0.39 is 0 Å². The second kappa shape index (κ2) is 25.3. The van der Waals surface area contributed by atoms with Gasteiger partial charge in [-0.2, -0.15) is 0 Å². The molecule has 0 aliphatic rings. The van der Waals surface area contributed by atoms with E-state index in [0.29, 0.717) is 0 Å². The lowest BCUT2D eigenvalue weighted by atomic mass is 9.99. The van der Waals surface area contributed by atoms with Crippen molar-refractivity contribution in [1.29, 1.82) is 0 Å². The summed E-state index contributed by atoms with van der Waals surface area (Å²) in [5, 5.41) is 0. The van der Waals surface area contributed by atoms with Gasteiger partial charge in [-0.3, -0.25) is 0 Å². The highest BCUT2D eigenvalue weighted by atomic mass is 14.1. The highest BCUT2D eigenvalue weighted by Gasteiger charge is 2.00. The van der Waals surface area contributed by atoms with Gasteiger partial charge in [0.15, 0.2) is 0 Å². The third kappa shape index (κ3) is 20.3. The Labute approximate surface area is 214 Å². The van der Waals surface area contributed by atoms with Crippen LogP contribution in [0, 0.1) is 13.8 Å². The van der Waals surface area contributed by atoms with E-state index in [1.165, 1.54) is 52.7 Å². The maximum atomic E-state index is 4.13. The third-order valence-electron chi connectivity index (χ3n) is 4.05. The van der Waals surface area contributed by atoms with Crippen LogP contribution in [0.2, 0.25) is 0 Å². The minimum atomic E-state index is 0.931. The first kappa shape index (κ1) is 36.2. The second-order valence-corrected chi connectivity index (χ2v) is 8.44. The van der Waals surface area contributed by atoms with Gasteiger partial charge < -0.3 is 0 Å². The molecular formula is C34H56. The summed E-state index contributed by atoms with van der Waals surface area (Å²) < 4.78 is 0. The van der Waals surface area contributed by atoms with Crippen LogP contribution in [0.3, 0.4) is 0 Å². The molecule has 0 saturated carbocycles. The average molecular weight is 465 g/mol. The van der Waals surface area contributed by atoms with Crippen molar-refractivity contribution in [3.05, 3.63) is 101 Å². The van der Waals surface area contributed by atoms with E-state index in [-0.39, 0.29) is 0 Å². The van der Waals surface area contributed by atoms with E-state index in [2.05, 4.69) is 136 Å². The van der Waals surface area contributed by atoms with Crippen molar-refractivity contribution in [2.24, 2.45) is 0 Å². The predicted octanol–water partition coefficient (Wildman–Crippen LogP) is 11.7. The van der Waals surface area contributed by atoms with E-state index in [9.17, 15) is 0 Å². The Morgan fingerprint density at radius 2 is 1.03 bits per heavy atom. The summed E-state index contributed by atoms with van der Waals surface area (Å²) in [6.45, 7) is 29.3. The summed E-state index contributed by atoms with van der Waals surface area (Å²) in [7, 11) is 0. The molecule has 0 atom stereocenters. The van der Waals surface area contributed by atoms with E-state index in [4.69, 9.17) is 0 Å². The highest BCUT2D eigenvalue weighted by Crippen LogP contribution is 2.20. The van der Waals surface area contributed by atoms with Crippen LogP contribution in [0.1, 0.15) is 111 Å². The van der Waals surface area contributed by atoms with Crippen LogP contribution in [0.5, 0.6) is 0 Å². The van der Waals surface area contributed by atoms with Gasteiger partial charge in [-0.1, -0.05) is 159 Å². The molecule has 0 bridgehead atoms. The minimum absolute atomic E-state index is 0.931. The number of benzene rings is 2. The largest absolute Gasteiger partial charge is 0.0955 e. The number of aryl methyl sites for hydroxylation is 2. The zero-order valence-corrected chi connectivity index (χ0v) is 24.8. The first-order chi connectivity index (χ1) is 16.2. The van der Waals surface area contributed by atoms with Crippen molar-refractivity contribution in [1.82, 2.24) is 0 Å². The monoisotopic (exact) mass is 464 g/mol. The van der Waals surface area contributed by atoms with Crippen molar-refractivity contribution in [3.8, 4) is 0 Å². The number of rotatable bonds is 5. The van der Waals surface area contributed by atoms with E-state index in [1.54, 1.807) is 0 Å². The standard InChI is InChI=1S/C23H26.3C3H8.C2H6/c1-17(2)23(15-12-21-10-6-18(3)7-11-21)16-20(5)22-13-8-19(4)9-14-22;3*1-3-2;1-2/h6-11,13-16H,1,12H2,2-5H3;3*3H2,1-2H3;1-2H3/b20-16+,23-15+;;;;. The van der Waals surface area contributed by atoms with E-state index >= 15 is 0 Å². The van der Waals surface area contributed by atoms with Crippen LogP contribution in [-0.2, 0) is 6.42 Å². The maximum absolute atomic E-state index is 4.13. The Hall–Kier alpha value is -2.34. The molecule has 0 aromatic heterocycles. The molecule has 192 valence electrons. The second-order valence-electron chi connectivity index (χ2n) is 8.44. The summed E-state index contributed by atoms with van der Waals surface area (Å²) in [6.07, 6.45) is 9.19. The molecule has 0 N–H and O–H groups in total. The molecule has 0 radical (unpaired) electrons. The smallest absolute Gasteiger partial charge is 0.00884 e. The fourth-order valence-corrected chi connectivity index (χ4v) is 2.44. The Kier molecular flexibility index (Phi) is 26.9. The number of hydrogen-bond acceptors (Lipinski definition) is 0.